The number of carbonyl (C=O) groups is 3. The van der Waals surface area contributed by atoms with Crippen molar-refractivity contribution in [1.29, 1.82) is 0 Å². The number of aromatic hydroxyl groups is 1. The number of ether oxygens (including phenoxy) is 2. The summed E-state index contributed by atoms with van der Waals surface area (Å²) in [6, 6.07) is 6.69. The first-order valence-corrected chi connectivity index (χ1v) is 12.9. The van der Waals surface area contributed by atoms with Crippen LogP contribution in [0.25, 0.3) is 0 Å². The second-order valence-corrected chi connectivity index (χ2v) is 8.69. The van der Waals surface area contributed by atoms with Gasteiger partial charge in [-0.3, -0.25) is 19.3 Å². The quantitative estimate of drug-likeness (QED) is 0.256. The van der Waals surface area contributed by atoms with Crippen molar-refractivity contribution in [2.75, 3.05) is 39.5 Å². The van der Waals surface area contributed by atoms with Crippen LogP contribution in [0.15, 0.2) is 24.3 Å². The van der Waals surface area contributed by atoms with Crippen LogP contribution in [0.3, 0.4) is 0 Å². The third-order valence-corrected chi connectivity index (χ3v) is 5.94. The lowest BCUT2D eigenvalue weighted by atomic mass is 9.90. The van der Waals surface area contributed by atoms with Crippen molar-refractivity contribution in [3.63, 3.8) is 0 Å². The van der Waals surface area contributed by atoms with E-state index in [0.29, 0.717) is 25.9 Å². The smallest absolute Gasteiger partial charge is 0.303 e. The molecule has 2 rings (SSSR count). The number of aliphatic carboxylic acids is 1. The van der Waals surface area contributed by atoms with Crippen molar-refractivity contribution < 1.29 is 34.1 Å². The molecule has 0 radical (unpaired) electrons. The number of unbranched alkanes of at least 4 members (excludes halogenated alkanes) is 3. The van der Waals surface area contributed by atoms with Gasteiger partial charge >= 0.3 is 5.97 Å². The van der Waals surface area contributed by atoms with Crippen LogP contribution < -0.4 is 4.74 Å². The molecule has 1 aliphatic rings. The Balaban J connectivity index is 0.000000427. The number of hydrogen-bond acceptors (Lipinski definition) is 7. The Bertz CT molecular complexity index is 714. The maximum Gasteiger partial charge on any atom is 0.303 e. The fourth-order valence-corrected chi connectivity index (χ4v) is 3.81. The van der Waals surface area contributed by atoms with E-state index in [2.05, 4.69) is 4.90 Å². The normalized spacial score (nSPS) is 13.7. The highest BCUT2D eigenvalue weighted by Crippen LogP contribution is 2.18. The molecular formula is C27H43NO7. The highest BCUT2D eigenvalue weighted by atomic mass is 16.5. The van der Waals surface area contributed by atoms with Crippen molar-refractivity contribution in [2.24, 2.45) is 5.92 Å². The van der Waals surface area contributed by atoms with Crippen LogP contribution in [-0.4, -0.2) is 72.1 Å². The number of ketones is 2. The van der Waals surface area contributed by atoms with Gasteiger partial charge in [-0.2, -0.15) is 0 Å². The average molecular weight is 494 g/mol. The number of benzene rings is 1. The summed E-state index contributed by atoms with van der Waals surface area (Å²) in [5.41, 5.74) is 0. The van der Waals surface area contributed by atoms with Crippen molar-refractivity contribution in [1.82, 2.24) is 4.90 Å². The largest absolute Gasteiger partial charge is 0.508 e. The fraction of sp³-hybridized carbons (Fsp3) is 0.667. The summed E-state index contributed by atoms with van der Waals surface area (Å²) < 4.78 is 10.7. The molecule has 0 unspecified atom stereocenters. The van der Waals surface area contributed by atoms with Crippen LogP contribution >= 0.6 is 0 Å². The van der Waals surface area contributed by atoms with Gasteiger partial charge in [0.1, 0.15) is 23.1 Å². The van der Waals surface area contributed by atoms with Gasteiger partial charge in [0, 0.05) is 32.4 Å². The molecule has 35 heavy (non-hydrogen) atoms. The van der Waals surface area contributed by atoms with Gasteiger partial charge in [-0.15, -0.1) is 0 Å². The van der Waals surface area contributed by atoms with E-state index in [9.17, 15) is 19.5 Å². The minimum absolute atomic E-state index is 0.0764. The van der Waals surface area contributed by atoms with Gasteiger partial charge in [-0.25, -0.2) is 0 Å². The number of Topliss-reactive ketones (excluding diaryl/α,β-unsaturated/α-hetero) is 2. The van der Waals surface area contributed by atoms with Crippen LogP contribution in [0.4, 0.5) is 0 Å². The van der Waals surface area contributed by atoms with Gasteiger partial charge < -0.3 is 19.7 Å². The van der Waals surface area contributed by atoms with E-state index in [0.717, 1.165) is 70.7 Å². The second kappa shape index (κ2) is 18.8. The molecule has 1 aromatic rings. The zero-order valence-electron chi connectivity index (χ0n) is 21.4. The summed E-state index contributed by atoms with van der Waals surface area (Å²) in [7, 11) is 0. The molecule has 1 heterocycles. The molecule has 198 valence electrons. The molecule has 0 bridgehead atoms. The molecule has 0 saturated carbocycles. The number of carboxylic acids is 1. The monoisotopic (exact) mass is 493 g/mol. The van der Waals surface area contributed by atoms with Gasteiger partial charge in [0.25, 0.3) is 0 Å². The lowest BCUT2D eigenvalue weighted by Gasteiger charge is -2.26. The summed E-state index contributed by atoms with van der Waals surface area (Å²) in [5, 5.41) is 17.6. The van der Waals surface area contributed by atoms with Crippen molar-refractivity contribution in [3.8, 4) is 11.5 Å². The number of morpholine rings is 1. The van der Waals surface area contributed by atoms with E-state index in [4.69, 9.17) is 14.6 Å². The van der Waals surface area contributed by atoms with Crippen LogP contribution in [0.1, 0.15) is 71.6 Å². The minimum atomic E-state index is -0.705. The van der Waals surface area contributed by atoms with Crippen LogP contribution in [0, 0.1) is 5.92 Å². The van der Waals surface area contributed by atoms with E-state index >= 15 is 0 Å². The molecule has 1 fully saturated rings. The Labute approximate surface area is 209 Å². The molecule has 8 heteroatoms. The van der Waals surface area contributed by atoms with E-state index in [-0.39, 0.29) is 23.7 Å². The molecule has 8 nitrogen and oxygen atoms in total. The number of nitrogens with zero attached hydrogens (tertiary/aromatic N) is 1. The number of carboxylic acid groups (broad SMARTS) is 1. The summed E-state index contributed by atoms with van der Waals surface area (Å²) in [6.45, 7) is 8.61. The molecule has 0 aliphatic carbocycles. The Kier molecular flexibility index (Phi) is 16.4. The predicted molar refractivity (Wildman–Crippen MR) is 135 cm³/mol. The Hall–Kier alpha value is -2.45. The maximum absolute atomic E-state index is 11.8. The summed E-state index contributed by atoms with van der Waals surface area (Å²) >= 11 is 0. The number of hydrogen-bond donors (Lipinski definition) is 2. The fourth-order valence-electron chi connectivity index (χ4n) is 3.81. The topological polar surface area (TPSA) is 113 Å². The SMILES string of the molecule is CCC(=O)C(CCCCCCOc1ccc(O)cc1)C(=O)CC.O=C(O)CCCN1CCOCC1. The third-order valence-electron chi connectivity index (χ3n) is 5.94. The van der Waals surface area contributed by atoms with E-state index in [1.54, 1.807) is 24.3 Å². The summed E-state index contributed by atoms with van der Waals surface area (Å²) in [6.07, 6.45) is 6.45. The summed E-state index contributed by atoms with van der Waals surface area (Å²) in [4.78, 5) is 36.0. The lowest BCUT2D eigenvalue weighted by Crippen LogP contribution is -2.36. The average Bonchev–Trinajstić information content (AvgIpc) is 2.87. The second-order valence-electron chi connectivity index (χ2n) is 8.69. The number of rotatable bonds is 16. The van der Waals surface area contributed by atoms with Gasteiger partial charge in [0.2, 0.25) is 0 Å². The van der Waals surface area contributed by atoms with E-state index < -0.39 is 11.9 Å². The molecule has 1 aromatic carbocycles. The van der Waals surface area contributed by atoms with Crippen LogP contribution in [0.5, 0.6) is 11.5 Å². The molecule has 0 amide bonds. The zero-order chi connectivity index (χ0) is 25.9. The Morgan fingerprint density at radius 2 is 1.54 bits per heavy atom. The van der Waals surface area contributed by atoms with Crippen LogP contribution in [0.2, 0.25) is 0 Å². The van der Waals surface area contributed by atoms with Gasteiger partial charge in [0.05, 0.1) is 25.7 Å². The van der Waals surface area contributed by atoms with Gasteiger partial charge in [-0.1, -0.05) is 33.1 Å². The maximum atomic E-state index is 11.8. The van der Waals surface area contributed by atoms with Gasteiger partial charge in [-0.05, 0) is 50.1 Å². The predicted octanol–water partition coefficient (Wildman–Crippen LogP) is 4.48. The molecule has 2 N–H and O–H groups in total. The Morgan fingerprint density at radius 1 is 0.943 bits per heavy atom. The number of carbonyl (C=O) groups excluding carboxylic acids is 2. The van der Waals surface area contributed by atoms with E-state index in [1.807, 2.05) is 13.8 Å². The lowest BCUT2D eigenvalue weighted by molar-refractivity contribution is -0.137. The van der Waals surface area contributed by atoms with E-state index in [1.165, 1.54) is 0 Å². The highest BCUT2D eigenvalue weighted by molar-refractivity contribution is 6.02. The number of phenolic OH excluding ortho intramolecular Hbond substituents is 1. The first-order valence-electron chi connectivity index (χ1n) is 12.9. The zero-order valence-corrected chi connectivity index (χ0v) is 21.4. The summed E-state index contributed by atoms with van der Waals surface area (Å²) in [5.74, 6) is 0.0432. The third kappa shape index (κ3) is 14.5. The molecule has 0 atom stereocenters. The molecule has 0 spiro atoms. The van der Waals surface area contributed by atoms with Crippen LogP contribution in [-0.2, 0) is 19.1 Å². The first-order chi connectivity index (χ1) is 16.9. The van der Waals surface area contributed by atoms with Crippen molar-refractivity contribution in [2.45, 2.75) is 71.6 Å². The standard InChI is InChI=1S/C19H28O4.C8H15NO3/c1-3-18(21)17(19(22)4-2)9-7-5-6-8-14-23-16-12-10-15(20)11-13-16;10-8(11)2-1-3-9-4-6-12-7-5-9/h10-13,17,20H,3-9,14H2,1-2H3;1-7H2,(H,10,11). The van der Waals surface area contributed by atoms with Crippen molar-refractivity contribution in [3.05, 3.63) is 24.3 Å². The highest BCUT2D eigenvalue weighted by Gasteiger charge is 2.22. The van der Waals surface area contributed by atoms with Crippen molar-refractivity contribution >= 4 is 17.5 Å². The molecule has 1 saturated heterocycles. The molecular weight excluding hydrogens is 450 g/mol. The number of phenols is 1. The van der Waals surface area contributed by atoms with Gasteiger partial charge in [0.15, 0.2) is 0 Å². The molecule has 1 aliphatic heterocycles. The minimum Gasteiger partial charge on any atom is -0.508 e. The molecule has 0 aromatic heterocycles. The first kappa shape index (κ1) is 30.6. The Morgan fingerprint density at radius 3 is 2.11 bits per heavy atom.